The van der Waals surface area contributed by atoms with E-state index in [1.54, 1.807) is 0 Å². The van der Waals surface area contributed by atoms with Crippen LogP contribution in [0.15, 0.2) is 78.9 Å². The molecule has 0 bridgehead atoms. The first-order valence-corrected chi connectivity index (χ1v) is 8.57. The van der Waals surface area contributed by atoms with Crippen LogP contribution < -0.4 is 0 Å². The first kappa shape index (κ1) is 14.4. The second-order valence-corrected chi connectivity index (χ2v) is 6.69. The van der Waals surface area contributed by atoms with Gasteiger partial charge in [-0.15, -0.1) is 0 Å². The Balaban J connectivity index is 1.81. The van der Waals surface area contributed by atoms with Gasteiger partial charge in [-0.05, 0) is 39.6 Å². The minimum Gasteiger partial charge on any atom is -0.289 e. The van der Waals surface area contributed by atoms with Crippen LogP contribution in [0.3, 0.4) is 0 Å². The number of ketones is 1. The van der Waals surface area contributed by atoms with Crippen molar-refractivity contribution < 1.29 is 4.79 Å². The topological polar surface area (TPSA) is 17.1 Å². The first-order chi connectivity index (χ1) is 12.2. The Morgan fingerprint density at radius 1 is 0.560 bits per heavy atom. The smallest absolute Gasteiger partial charge is 0.194 e. The van der Waals surface area contributed by atoms with Gasteiger partial charge in [0.15, 0.2) is 5.78 Å². The number of benzene rings is 4. The fourth-order valence-corrected chi connectivity index (χ4v) is 3.99. The lowest BCUT2D eigenvalue weighted by molar-refractivity contribution is 0.104. The van der Waals surface area contributed by atoms with Crippen molar-refractivity contribution in [3.8, 4) is 22.3 Å². The van der Waals surface area contributed by atoms with Gasteiger partial charge in [0.05, 0.1) is 0 Å². The van der Waals surface area contributed by atoms with Crippen molar-refractivity contribution in [3.05, 3.63) is 95.0 Å². The SMILES string of the molecule is O=C1c2ccccc2-c2cccc(-c3cc4ccccc4cc3Cl)c21. The van der Waals surface area contributed by atoms with E-state index in [0.29, 0.717) is 5.02 Å². The molecule has 0 amide bonds. The lowest BCUT2D eigenvalue weighted by Gasteiger charge is -2.11. The van der Waals surface area contributed by atoms with Crippen LogP contribution in [0.4, 0.5) is 0 Å². The van der Waals surface area contributed by atoms with Crippen molar-refractivity contribution in [2.24, 2.45) is 0 Å². The molecule has 1 nitrogen and oxygen atoms in total. The molecule has 0 atom stereocenters. The van der Waals surface area contributed by atoms with E-state index in [0.717, 1.165) is 44.2 Å². The molecule has 0 spiro atoms. The molecule has 0 N–H and O–H groups in total. The highest BCUT2D eigenvalue weighted by atomic mass is 35.5. The van der Waals surface area contributed by atoms with Gasteiger partial charge in [0, 0.05) is 21.7 Å². The molecule has 0 radical (unpaired) electrons. The van der Waals surface area contributed by atoms with E-state index in [2.05, 4.69) is 12.1 Å². The molecule has 1 aliphatic carbocycles. The summed E-state index contributed by atoms with van der Waals surface area (Å²) in [5.41, 5.74) is 5.30. The van der Waals surface area contributed by atoms with Crippen molar-refractivity contribution in [1.29, 1.82) is 0 Å². The maximum atomic E-state index is 13.0. The zero-order valence-corrected chi connectivity index (χ0v) is 14.0. The van der Waals surface area contributed by atoms with Crippen LogP contribution in [0.2, 0.25) is 5.02 Å². The van der Waals surface area contributed by atoms with Gasteiger partial charge < -0.3 is 0 Å². The molecule has 0 aromatic heterocycles. The highest BCUT2D eigenvalue weighted by Gasteiger charge is 2.29. The third-order valence-corrected chi connectivity index (χ3v) is 5.19. The molecular formula is C23H13ClO. The molecule has 2 heteroatoms. The molecule has 0 unspecified atom stereocenters. The minimum absolute atomic E-state index is 0.0745. The molecule has 4 aromatic carbocycles. The van der Waals surface area contributed by atoms with E-state index >= 15 is 0 Å². The number of hydrogen-bond donors (Lipinski definition) is 0. The molecule has 0 saturated heterocycles. The van der Waals surface area contributed by atoms with Crippen LogP contribution in [-0.2, 0) is 0 Å². The highest BCUT2D eigenvalue weighted by Crippen LogP contribution is 2.43. The van der Waals surface area contributed by atoms with Gasteiger partial charge in [0.25, 0.3) is 0 Å². The molecule has 118 valence electrons. The number of hydrogen-bond acceptors (Lipinski definition) is 1. The third kappa shape index (κ3) is 2.06. The number of carbonyl (C=O) groups is 1. The van der Waals surface area contributed by atoms with Gasteiger partial charge in [-0.1, -0.05) is 78.3 Å². The molecule has 5 rings (SSSR count). The van der Waals surface area contributed by atoms with Crippen LogP contribution in [0.1, 0.15) is 15.9 Å². The zero-order chi connectivity index (χ0) is 17.0. The quantitative estimate of drug-likeness (QED) is 0.346. The monoisotopic (exact) mass is 340 g/mol. The predicted molar refractivity (Wildman–Crippen MR) is 103 cm³/mol. The lowest BCUT2D eigenvalue weighted by atomic mass is 9.93. The summed E-state index contributed by atoms with van der Waals surface area (Å²) in [6, 6.07) is 25.9. The summed E-state index contributed by atoms with van der Waals surface area (Å²) in [4.78, 5) is 13.0. The normalized spacial score (nSPS) is 12.3. The van der Waals surface area contributed by atoms with Crippen LogP contribution in [0.25, 0.3) is 33.0 Å². The summed E-state index contributed by atoms with van der Waals surface area (Å²) >= 11 is 6.59. The Kier molecular flexibility index (Phi) is 3.06. The Morgan fingerprint density at radius 3 is 1.88 bits per heavy atom. The van der Waals surface area contributed by atoms with Crippen molar-refractivity contribution in [2.75, 3.05) is 0 Å². The Hall–Kier alpha value is -2.90. The van der Waals surface area contributed by atoms with E-state index in [1.165, 1.54) is 0 Å². The molecule has 0 aliphatic heterocycles. The summed E-state index contributed by atoms with van der Waals surface area (Å²) in [5, 5.41) is 2.87. The van der Waals surface area contributed by atoms with Crippen LogP contribution in [0, 0.1) is 0 Å². The maximum absolute atomic E-state index is 13.0. The average molecular weight is 341 g/mol. The maximum Gasteiger partial charge on any atom is 0.194 e. The van der Waals surface area contributed by atoms with Crippen LogP contribution >= 0.6 is 11.6 Å². The van der Waals surface area contributed by atoms with Crippen molar-refractivity contribution in [2.45, 2.75) is 0 Å². The van der Waals surface area contributed by atoms with Gasteiger partial charge in [0.1, 0.15) is 0 Å². The lowest BCUT2D eigenvalue weighted by Crippen LogP contribution is -1.98. The average Bonchev–Trinajstić information content (AvgIpc) is 2.94. The van der Waals surface area contributed by atoms with E-state index < -0.39 is 0 Å². The van der Waals surface area contributed by atoms with Crippen LogP contribution in [0.5, 0.6) is 0 Å². The number of fused-ring (bicyclic) bond motifs is 4. The van der Waals surface area contributed by atoms with Gasteiger partial charge in [-0.3, -0.25) is 4.79 Å². The van der Waals surface area contributed by atoms with Gasteiger partial charge in [-0.25, -0.2) is 0 Å². The second kappa shape index (κ2) is 5.30. The zero-order valence-electron chi connectivity index (χ0n) is 13.3. The predicted octanol–water partition coefficient (Wildman–Crippen LogP) is 6.37. The van der Waals surface area contributed by atoms with Gasteiger partial charge >= 0.3 is 0 Å². The van der Waals surface area contributed by atoms with E-state index in [1.807, 2.05) is 66.7 Å². The van der Waals surface area contributed by atoms with Crippen LogP contribution in [-0.4, -0.2) is 5.78 Å². The third-order valence-electron chi connectivity index (χ3n) is 4.88. The molecule has 1 aliphatic rings. The van der Waals surface area contributed by atoms with Gasteiger partial charge in [0.2, 0.25) is 0 Å². The standard InChI is InChI=1S/C23H13ClO/c24-21-13-15-7-2-1-6-14(15)12-20(21)18-11-5-10-17-16-8-3-4-9-19(16)23(25)22(17)18/h1-13H. The van der Waals surface area contributed by atoms with E-state index in [-0.39, 0.29) is 5.78 Å². The fourth-order valence-electron chi connectivity index (χ4n) is 3.72. The molecule has 25 heavy (non-hydrogen) atoms. The first-order valence-electron chi connectivity index (χ1n) is 8.20. The molecule has 0 saturated carbocycles. The van der Waals surface area contributed by atoms with Crippen molar-refractivity contribution >= 4 is 28.2 Å². The highest BCUT2D eigenvalue weighted by molar-refractivity contribution is 6.35. The second-order valence-electron chi connectivity index (χ2n) is 6.28. The Morgan fingerprint density at radius 2 is 1.12 bits per heavy atom. The molecule has 0 heterocycles. The van der Waals surface area contributed by atoms with Crippen molar-refractivity contribution in [3.63, 3.8) is 0 Å². The van der Waals surface area contributed by atoms with E-state index in [9.17, 15) is 4.79 Å². The summed E-state index contributed by atoms with van der Waals surface area (Å²) < 4.78 is 0. The van der Waals surface area contributed by atoms with Crippen molar-refractivity contribution in [1.82, 2.24) is 0 Å². The van der Waals surface area contributed by atoms with Gasteiger partial charge in [-0.2, -0.15) is 0 Å². The molecular weight excluding hydrogens is 328 g/mol. The minimum atomic E-state index is 0.0745. The fraction of sp³-hybridized carbons (Fsp3) is 0. The number of rotatable bonds is 1. The number of carbonyl (C=O) groups excluding carboxylic acids is 1. The summed E-state index contributed by atoms with van der Waals surface area (Å²) in [6.07, 6.45) is 0. The van der Waals surface area contributed by atoms with E-state index in [4.69, 9.17) is 11.6 Å². The Labute approximate surface area is 150 Å². The molecule has 4 aromatic rings. The molecule has 0 fully saturated rings. The summed E-state index contributed by atoms with van der Waals surface area (Å²) in [5.74, 6) is 0.0745. The Bertz CT molecular complexity index is 1170. The summed E-state index contributed by atoms with van der Waals surface area (Å²) in [6.45, 7) is 0. The summed E-state index contributed by atoms with van der Waals surface area (Å²) in [7, 11) is 0. The largest absolute Gasteiger partial charge is 0.289 e. The number of halogens is 1.